The van der Waals surface area contributed by atoms with E-state index in [4.69, 9.17) is 0 Å². The van der Waals surface area contributed by atoms with Gasteiger partial charge in [-0.1, -0.05) is 0 Å². The zero-order valence-corrected chi connectivity index (χ0v) is 12.3. The highest BCUT2D eigenvalue weighted by Crippen LogP contribution is 2.18. The van der Waals surface area contributed by atoms with Gasteiger partial charge in [-0.2, -0.15) is 0 Å². The van der Waals surface area contributed by atoms with Crippen LogP contribution in [0.2, 0.25) is 0 Å². The Hall–Kier alpha value is -1.73. The summed E-state index contributed by atoms with van der Waals surface area (Å²) in [6, 6.07) is 3.47. The van der Waals surface area contributed by atoms with Crippen molar-refractivity contribution in [2.24, 2.45) is 0 Å². The molecular weight excluding hydrogens is 275 g/mol. The van der Waals surface area contributed by atoms with Crippen LogP contribution in [0.5, 0.6) is 0 Å². The quantitative estimate of drug-likeness (QED) is 0.756. The highest BCUT2D eigenvalue weighted by atomic mass is 19.1. The first-order chi connectivity index (χ1) is 9.88. The van der Waals surface area contributed by atoms with E-state index in [0.29, 0.717) is 0 Å². The first-order valence-corrected chi connectivity index (χ1v) is 6.97. The van der Waals surface area contributed by atoms with Crippen LogP contribution < -0.4 is 15.5 Å². The number of alkyl halides is 1. The Morgan fingerprint density at radius 2 is 2.14 bits per heavy atom. The predicted octanol–water partition coefficient (Wildman–Crippen LogP) is 0.539. The Morgan fingerprint density at radius 3 is 2.67 bits per heavy atom. The molecule has 116 valence electrons. The molecule has 2 heterocycles. The molecule has 21 heavy (non-hydrogen) atoms. The Morgan fingerprint density at radius 1 is 1.48 bits per heavy atom. The van der Waals surface area contributed by atoms with Crippen molar-refractivity contribution in [1.82, 2.24) is 10.3 Å². The minimum absolute atomic E-state index is 0.269. The SMILES string of the molecule is CC(C)(O)C(F)C(=O)Nc1ccc(N2CCNCC2)cn1. The molecule has 1 unspecified atom stereocenters. The molecule has 1 aliphatic rings. The van der Waals surface area contributed by atoms with Crippen molar-refractivity contribution in [2.45, 2.75) is 25.6 Å². The summed E-state index contributed by atoms with van der Waals surface area (Å²) in [6.07, 6.45) is -0.356. The Kier molecular flexibility index (Phi) is 4.74. The zero-order valence-electron chi connectivity index (χ0n) is 12.3. The van der Waals surface area contributed by atoms with Gasteiger partial charge < -0.3 is 20.6 Å². The van der Waals surface area contributed by atoms with Gasteiger partial charge in [0, 0.05) is 26.2 Å². The molecule has 0 spiro atoms. The summed E-state index contributed by atoms with van der Waals surface area (Å²) >= 11 is 0. The standard InChI is InChI=1S/C14H21FN4O2/c1-14(2,21)12(15)13(20)18-11-4-3-10(9-17-11)19-7-5-16-6-8-19/h3-4,9,12,16,21H,5-8H2,1-2H3,(H,17,18,20). The third kappa shape index (κ3) is 4.12. The number of piperazine rings is 1. The number of hydrogen-bond acceptors (Lipinski definition) is 5. The molecule has 1 amide bonds. The monoisotopic (exact) mass is 296 g/mol. The lowest BCUT2D eigenvalue weighted by Gasteiger charge is -2.29. The number of aliphatic hydroxyl groups is 1. The van der Waals surface area contributed by atoms with E-state index in [1.807, 2.05) is 6.07 Å². The Bertz CT molecular complexity index is 481. The second-order valence-electron chi connectivity index (χ2n) is 5.64. The number of nitrogens with one attached hydrogen (secondary N) is 2. The fourth-order valence-electron chi connectivity index (χ4n) is 2.08. The average molecular weight is 296 g/mol. The maximum atomic E-state index is 13.7. The molecule has 0 bridgehead atoms. The van der Waals surface area contributed by atoms with Crippen molar-refractivity contribution in [2.75, 3.05) is 36.4 Å². The van der Waals surface area contributed by atoms with E-state index in [1.165, 1.54) is 13.8 Å². The maximum absolute atomic E-state index is 13.7. The summed E-state index contributed by atoms with van der Waals surface area (Å²) in [5.41, 5.74) is -0.751. The van der Waals surface area contributed by atoms with Crippen LogP contribution in [0.1, 0.15) is 13.8 Å². The topological polar surface area (TPSA) is 77.5 Å². The zero-order chi connectivity index (χ0) is 15.5. The number of aromatic nitrogens is 1. The lowest BCUT2D eigenvalue weighted by Crippen LogP contribution is -2.43. The summed E-state index contributed by atoms with van der Waals surface area (Å²) in [6.45, 7) is 6.15. The van der Waals surface area contributed by atoms with E-state index in [1.54, 1.807) is 12.3 Å². The number of pyridine rings is 1. The largest absolute Gasteiger partial charge is 0.387 e. The molecule has 1 aliphatic heterocycles. The van der Waals surface area contributed by atoms with E-state index < -0.39 is 17.7 Å². The van der Waals surface area contributed by atoms with Crippen LogP contribution in [0.3, 0.4) is 0 Å². The van der Waals surface area contributed by atoms with Crippen molar-refractivity contribution in [3.63, 3.8) is 0 Å². The number of carbonyl (C=O) groups is 1. The molecule has 0 saturated carbocycles. The van der Waals surface area contributed by atoms with Crippen molar-refractivity contribution in [1.29, 1.82) is 0 Å². The third-order valence-corrected chi connectivity index (χ3v) is 3.33. The van der Waals surface area contributed by atoms with Gasteiger partial charge in [0.05, 0.1) is 17.5 Å². The van der Waals surface area contributed by atoms with E-state index in [-0.39, 0.29) is 5.82 Å². The molecule has 2 rings (SSSR count). The van der Waals surface area contributed by atoms with Gasteiger partial charge in [0.25, 0.3) is 5.91 Å². The lowest BCUT2D eigenvalue weighted by atomic mass is 10.0. The van der Waals surface area contributed by atoms with Crippen molar-refractivity contribution >= 4 is 17.4 Å². The minimum atomic E-state index is -2.01. The van der Waals surface area contributed by atoms with E-state index in [9.17, 15) is 14.3 Å². The van der Waals surface area contributed by atoms with Crippen LogP contribution in [0.25, 0.3) is 0 Å². The summed E-state index contributed by atoms with van der Waals surface area (Å²) in [7, 11) is 0. The molecule has 7 heteroatoms. The number of rotatable bonds is 4. The highest BCUT2D eigenvalue weighted by molar-refractivity contribution is 5.94. The van der Waals surface area contributed by atoms with Crippen LogP contribution in [0.4, 0.5) is 15.9 Å². The van der Waals surface area contributed by atoms with Crippen LogP contribution in [-0.4, -0.2) is 53.9 Å². The van der Waals surface area contributed by atoms with Gasteiger partial charge in [-0.05, 0) is 26.0 Å². The molecular formula is C14H21FN4O2. The molecule has 1 aromatic rings. The third-order valence-electron chi connectivity index (χ3n) is 3.33. The van der Waals surface area contributed by atoms with Crippen molar-refractivity contribution < 1.29 is 14.3 Å². The number of halogens is 1. The van der Waals surface area contributed by atoms with Gasteiger partial charge in [0.2, 0.25) is 6.17 Å². The molecule has 1 atom stereocenters. The molecule has 0 radical (unpaired) electrons. The highest BCUT2D eigenvalue weighted by Gasteiger charge is 2.33. The number of hydrogen-bond donors (Lipinski definition) is 3. The van der Waals surface area contributed by atoms with E-state index >= 15 is 0 Å². The molecule has 3 N–H and O–H groups in total. The van der Waals surface area contributed by atoms with Crippen molar-refractivity contribution in [3.05, 3.63) is 18.3 Å². The molecule has 6 nitrogen and oxygen atoms in total. The molecule has 1 aromatic heterocycles. The second kappa shape index (κ2) is 6.36. The number of nitrogens with zero attached hydrogens (tertiary/aromatic N) is 2. The summed E-state index contributed by atoms with van der Waals surface area (Å²) < 4.78 is 13.7. The fraction of sp³-hybridized carbons (Fsp3) is 0.571. The van der Waals surface area contributed by atoms with E-state index in [2.05, 4.69) is 20.5 Å². The average Bonchev–Trinajstić information content (AvgIpc) is 2.47. The van der Waals surface area contributed by atoms with Gasteiger partial charge in [0.1, 0.15) is 5.82 Å². The lowest BCUT2D eigenvalue weighted by molar-refractivity contribution is -0.128. The number of anilines is 2. The van der Waals surface area contributed by atoms with E-state index in [0.717, 1.165) is 31.9 Å². The second-order valence-corrected chi connectivity index (χ2v) is 5.64. The Labute approximate surface area is 123 Å². The van der Waals surface area contributed by atoms with Gasteiger partial charge >= 0.3 is 0 Å². The summed E-state index contributed by atoms with van der Waals surface area (Å²) in [5.74, 6) is -0.629. The van der Waals surface area contributed by atoms with Crippen LogP contribution in [0, 0.1) is 0 Å². The van der Waals surface area contributed by atoms with Gasteiger partial charge in [-0.25, -0.2) is 9.37 Å². The predicted molar refractivity (Wildman–Crippen MR) is 79.1 cm³/mol. The van der Waals surface area contributed by atoms with Gasteiger partial charge in [-0.15, -0.1) is 0 Å². The first kappa shape index (κ1) is 15.7. The van der Waals surface area contributed by atoms with Crippen LogP contribution >= 0.6 is 0 Å². The maximum Gasteiger partial charge on any atom is 0.263 e. The van der Waals surface area contributed by atoms with Gasteiger partial charge in [0.15, 0.2) is 0 Å². The minimum Gasteiger partial charge on any atom is -0.387 e. The molecule has 1 fully saturated rings. The number of amides is 1. The molecule has 0 aliphatic carbocycles. The summed E-state index contributed by atoms with van der Waals surface area (Å²) in [4.78, 5) is 17.9. The normalized spacial score (nSPS) is 17.4. The smallest absolute Gasteiger partial charge is 0.263 e. The fourth-order valence-corrected chi connectivity index (χ4v) is 2.08. The van der Waals surface area contributed by atoms with Crippen LogP contribution in [-0.2, 0) is 4.79 Å². The first-order valence-electron chi connectivity index (χ1n) is 6.97. The summed E-state index contributed by atoms with van der Waals surface area (Å²) in [5, 5.41) is 15.1. The van der Waals surface area contributed by atoms with Gasteiger partial charge in [-0.3, -0.25) is 4.79 Å². The van der Waals surface area contributed by atoms with Crippen LogP contribution in [0.15, 0.2) is 18.3 Å². The van der Waals surface area contributed by atoms with Crippen molar-refractivity contribution in [3.8, 4) is 0 Å². The molecule has 0 aromatic carbocycles. The Balaban J connectivity index is 1.97. The number of carbonyl (C=O) groups excluding carboxylic acids is 1. The molecule has 1 saturated heterocycles.